The van der Waals surface area contributed by atoms with Crippen LogP contribution in [0.1, 0.15) is 32.2 Å². The van der Waals surface area contributed by atoms with Crippen molar-refractivity contribution in [1.29, 1.82) is 0 Å². The van der Waals surface area contributed by atoms with E-state index in [-0.39, 0.29) is 18.1 Å². The van der Waals surface area contributed by atoms with Crippen LogP contribution >= 0.6 is 11.3 Å². The Morgan fingerprint density at radius 1 is 1.48 bits per heavy atom. The third-order valence-corrected chi connectivity index (χ3v) is 4.32. The fourth-order valence-corrected chi connectivity index (χ4v) is 2.72. The number of Topliss-reactive ketones (excluding diaryl/α,β-unsaturated/α-hetero) is 1. The quantitative estimate of drug-likeness (QED) is 0.479. The SMILES string of the molecule is C=CCNc1nc(C(=O)OCC(=O)c2cc(C)n(C)c2C)cs1. The molecule has 7 heteroatoms. The Morgan fingerprint density at radius 2 is 2.22 bits per heavy atom. The zero-order valence-corrected chi connectivity index (χ0v) is 14.2. The normalized spacial score (nSPS) is 10.4. The van der Waals surface area contributed by atoms with E-state index in [1.54, 1.807) is 17.5 Å². The van der Waals surface area contributed by atoms with Crippen LogP contribution < -0.4 is 5.32 Å². The largest absolute Gasteiger partial charge is 0.453 e. The fraction of sp³-hybridized carbons (Fsp3) is 0.312. The van der Waals surface area contributed by atoms with Crippen LogP contribution in [0.2, 0.25) is 0 Å². The molecule has 0 saturated carbocycles. The van der Waals surface area contributed by atoms with Crippen LogP contribution in [-0.4, -0.2) is 34.5 Å². The van der Waals surface area contributed by atoms with Gasteiger partial charge in [0.2, 0.25) is 5.78 Å². The lowest BCUT2D eigenvalue weighted by Gasteiger charge is -2.03. The minimum atomic E-state index is -0.605. The van der Waals surface area contributed by atoms with Crippen LogP contribution in [0.25, 0.3) is 0 Å². The molecule has 0 atom stereocenters. The van der Waals surface area contributed by atoms with Crippen molar-refractivity contribution >= 4 is 28.2 Å². The highest BCUT2D eigenvalue weighted by molar-refractivity contribution is 7.13. The van der Waals surface area contributed by atoms with E-state index < -0.39 is 5.97 Å². The third-order valence-electron chi connectivity index (χ3n) is 3.52. The highest BCUT2D eigenvalue weighted by Gasteiger charge is 2.18. The Bertz CT molecular complexity index is 746. The van der Waals surface area contributed by atoms with E-state index in [9.17, 15) is 9.59 Å². The molecule has 0 aliphatic rings. The number of aromatic nitrogens is 2. The van der Waals surface area contributed by atoms with Gasteiger partial charge in [0.15, 0.2) is 17.4 Å². The number of nitrogens with one attached hydrogen (secondary N) is 1. The van der Waals surface area contributed by atoms with E-state index in [0.29, 0.717) is 17.2 Å². The lowest BCUT2D eigenvalue weighted by atomic mass is 10.1. The smallest absolute Gasteiger partial charge is 0.358 e. The molecular weight excluding hydrogens is 314 g/mol. The number of hydrogen-bond donors (Lipinski definition) is 1. The topological polar surface area (TPSA) is 73.2 Å². The Morgan fingerprint density at radius 3 is 2.83 bits per heavy atom. The molecule has 0 radical (unpaired) electrons. The van der Waals surface area contributed by atoms with E-state index in [1.807, 2.05) is 25.5 Å². The molecule has 6 nitrogen and oxygen atoms in total. The van der Waals surface area contributed by atoms with Crippen LogP contribution in [0, 0.1) is 13.8 Å². The summed E-state index contributed by atoms with van der Waals surface area (Å²) in [6, 6.07) is 1.80. The van der Waals surface area contributed by atoms with E-state index in [1.165, 1.54) is 11.3 Å². The Kier molecular flexibility index (Phi) is 5.33. The minimum absolute atomic E-state index is 0.190. The van der Waals surface area contributed by atoms with Gasteiger partial charge in [0.1, 0.15) is 0 Å². The molecule has 0 saturated heterocycles. The van der Waals surface area contributed by atoms with E-state index in [4.69, 9.17) is 4.74 Å². The van der Waals surface area contributed by atoms with Crippen molar-refractivity contribution in [3.05, 3.63) is 46.7 Å². The molecule has 2 aromatic heterocycles. The van der Waals surface area contributed by atoms with Crippen molar-refractivity contribution < 1.29 is 14.3 Å². The van der Waals surface area contributed by atoms with Crippen molar-refractivity contribution in [1.82, 2.24) is 9.55 Å². The zero-order chi connectivity index (χ0) is 17.0. The lowest BCUT2D eigenvalue weighted by Crippen LogP contribution is -2.15. The fourth-order valence-electron chi connectivity index (χ4n) is 2.03. The van der Waals surface area contributed by atoms with Crippen molar-refractivity contribution in [2.75, 3.05) is 18.5 Å². The standard InChI is InChI=1S/C16H19N3O3S/c1-5-6-17-16-18-13(9-23-16)15(21)22-8-14(20)12-7-10(2)19(4)11(12)3/h5,7,9H,1,6,8H2,2-4H3,(H,17,18). The average Bonchev–Trinajstić information content (AvgIpc) is 3.11. The first-order valence-electron chi connectivity index (χ1n) is 7.07. The van der Waals surface area contributed by atoms with Gasteiger partial charge >= 0.3 is 5.97 Å². The number of anilines is 1. The highest BCUT2D eigenvalue weighted by Crippen LogP contribution is 2.17. The number of carbonyl (C=O) groups is 2. The van der Waals surface area contributed by atoms with Crippen LogP contribution in [0.5, 0.6) is 0 Å². The maximum absolute atomic E-state index is 12.2. The number of hydrogen-bond acceptors (Lipinski definition) is 6. The maximum Gasteiger partial charge on any atom is 0.358 e. The average molecular weight is 333 g/mol. The van der Waals surface area contributed by atoms with Gasteiger partial charge in [0.25, 0.3) is 0 Å². The second-order valence-electron chi connectivity index (χ2n) is 5.05. The number of ketones is 1. The Labute approximate surface area is 138 Å². The van der Waals surface area contributed by atoms with Crippen LogP contribution in [0.15, 0.2) is 24.1 Å². The van der Waals surface area contributed by atoms with Gasteiger partial charge in [-0.3, -0.25) is 4.79 Å². The van der Waals surface area contributed by atoms with Gasteiger partial charge in [-0.15, -0.1) is 17.9 Å². The molecule has 0 aliphatic carbocycles. The molecule has 0 aromatic carbocycles. The summed E-state index contributed by atoms with van der Waals surface area (Å²) in [5.74, 6) is -0.827. The molecule has 0 unspecified atom stereocenters. The van der Waals surface area contributed by atoms with Gasteiger partial charge in [-0.05, 0) is 19.9 Å². The minimum Gasteiger partial charge on any atom is -0.453 e. The van der Waals surface area contributed by atoms with Crippen LogP contribution in [-0.2, 0) is 11.8 Å². The molecule has 122 valence electrons. The lowest BCUT2D eigenvalue weighted by molar-refractivity contribution is 0.0469. The van der Waals surface area contributed by atoms with Crippen molar-refractivity contribution in [2.24, 2.45) is 7.05 Å². The van der Waals surface area contributed by atoms with Crippen molar-refractivity contribution in [2.45, 2.75) is 13.8 Å². The molecule has 0 bridgehead atoms. The van der Waals surface area contributed by atoms with Crippen molar-refractivity contribution in [3.63, 3.8) is 0 Å². The first kappa shape index (κ1) is 17.0. The molecule has 0 amide bonds. The molecule has 2 aromatic rings. The molecule has 0 fully saturated rings. The van der Waals surface area contributed by atoms with Gasteiger partial charge in [0.05, 0.1) is 0 Å². The second kappa shape index (κ2) is 7.23. The van der Waals surface area contributed by atoms with Gasteiger partial charge in [-0.1, -0.05) is 6.08 Å². The number of carbonyl (C=O) groups excluding carboxylic acids is 2. The first-order chi connectivity index (χ1) is 10.9. The first-order valence-corrected chi connectivity index (χ1v) is 7.95. The summed E-state index contributed by atoms with van der Waals surface area (Å²) in [7, 11) is 1.89. The van der Waals surface area contributed by atoms with Gasteiger partial charge in [-0.25, -0.2) is 9.78 Å². The Balaban J connectivity index is 1.95. The van der Waals surface area contributed by atoms with Crippen LogP contribution in [0.4, 0.5) is 5.13 Å². The Hall–Kier alpha value is -2.41. The highest BCUT2D eigenvalue weighted by atomic mass is 32.1. The summed E-state index contributed by atoms with van der Waals surface area (Å²) in [6.07, 6.45) is 1.70. The predicted molar refractivity (Wildman–Crippen MR) is 90.3 cm³/mol. The number of rotatable bonds is 7. The van der Waals surface area contributed by atoms with Gasteiger partial charge < -0.3 is 14.6 Å². The molecule has 0 spiro atoms. The van der Waals surface area contributed by atoms with E-state index >= 15 is 0 Å². The van der Waals surface area contributed by atoms with Crippen molar-refractivity contribution in [3.8, 4) is 0 Å². The summed E-state index contributed by atoms with van der Waals surface area (Å²) in [6.45, 7) is 7.64. The van der Waals surface area contributed by atoms with Gasteiger partial charge in [0, 0.05) is 35.9 Å². The third kappa shape index (κ3) is 3.87. The number of nitrogens with zero attached hydrogens (tertiary/aromatic N) is 2. The van der Waals surface area contributed by atoms with E-state index in [2.05, 4.69) is 16.9 Å². The number of thiazole rings is 1. The molecule has 2 heterocycles. The molecule has 2 rings (SSSR count). The second-order valence-corrected chi connectivity index (χ2v) is 5.91. The van der Waals surface area contributed by atoms with Crippen LogP contribution in [0.3, 0.4) is 0 Å². The zero-order valence-electron chi connectivity index (χ0n) is 13.4. The molecule has 1 N–H and O–H groups in total. The molecule has 23 heavy (non-hydrogen) atoms. The summed E-state index contributed by atoms with van der Waals surface area (Å²) in [5.41, 5.74) is 2.60. The molecule has 0 aliphatic heterocycles. The monoisotopic (exact) mass is 333 g/mol. The maximum atomic E-state index is 12.2. The predicted octanol–water partition coefficient (Wildman–Crippen LogP) is 2.74. The van der Waals surface area contributed by atoms with E-state index in [0.717, 1.165) is 11.4 Å². The summed E-state index contributed by atoms with van der Waals surface area (Å²) in [4.78, 5) is 28.2. The number of ether oxygens (including phenoxy) is 1. The number of esters is 1. The summed E-state index contributed by atoms with van der Waals surface area (Å²) >= 11 is 1.30. The number of aryl methyl sites for hydroxylation is 1. The summed E-state index contributed by atoms with van der Waals surface area (Å²) < 4.78 is 6.99. The van der Waals surface area contributed by atoms with Gasteiger partial charge in [-0.2, -0.15) is 0 Å². The summed E-state index contributed by atoms with van der Waals surface area (Å²) in [5, 5.41) is 5.19. The molecular formula is C16H19N3O3S.